The van der Waals surface area contributed by atoms with E-state index in [0.717, 1.165) is 10.6 Å². The number of amides is 2. The molecule has 0 spiro atoms. The molecule has 0 bridgehead atoms. The van der Waals surface area contributed by atoms with E-state index in [1.54, 1.807) is 18.2 Å². The Labute approximate surface area is 182 Å². The summed E-state index contributed by atoms with van der Waals surface area (Å²) in [5.74, 6) is -2.84. The van der Waals surface area contributed by atoms with Gasteiger partial charge in [0.25, 0.3) is 5.91 Å². The number of aryl methyl sites for hydroxylation is 1. The number of ether oxygens (including phenoxy) is 1. The molecular weight excluding hydrogens is 431 g/mol. The third-order valence-corrected chi connectivity index (χ3v) is 5.10. The van der Waals surface area contributed by atoms with E-state index in [1.807, 2.05) is 13.0 Å². The number of Topliss-reactive ketones (excluding diaryl/α,β-unsaturated/α-hetero) is 1. The van der Waals surface area contributed by atoms with Gasteiger partial charge in [0.1, 0.15) is 0 Å². The van der Waals surface area contributed by atoms with Crippen LogP contribution < -0.4 is 5.43 Å². The summed E-state index contributed by atoms with van der Waals surface area (Å²) in [5, 5.41) is 1.63. The number of nitrogens with zero attached hydrogens (tertiary/aromatic N) is 1. The van der Waals surface area contributed by atoms with Crippen LogP contribution in [0.25, 0.3) is 0 Å². The van der Waals surface area contributed by atoms with Crippen LogP contribution in [0.3, 0.4) is 0 Å². The van der Waals surface area contributed by atoms with E-state index >= 15 is 0 Å². The number of carbonyl (C=O) groups excluding carboxylic acids is 4. The van der Waals surface area contributed by atoms with Crippen LogP contribution in [0.2, 0.25) is 10.0 Å². The number of halogens is 2. The predicted molar refractivity (Wildman–Crippen MR) is 110 cm³/mol. The number of hydrogen-bond acceptors (Lipinski definition) is 5. The lowest BCUT2D eigenvalue weighted by Crippen LogP contribution is -2.43. The topological polar surface area (TPSA) is 92.8 Å². The van der Waals surface area contributed by atoms with Crippen LogP contribution in [0.5, 0.6) is 0 Å². The summed E-state index contributed by atoms with van der Waals surface area (Å²) >= 11 is 11.8. The first kappa shape index (κ1) is 21.8. The number of ketones is 1. The Bertz CT molecular complexity index is 1020. The molecule has 9 heteroatoms. The minimum Gasteiger partial charge on any atom is -0.457 e. The van der Waals surface area contributed by atoms with Crippen LogP contribution >= 0.6 is 23.2 Å². The van der Waals surface area contributed by atoms with Gasteiger partial charge in [-0.3, -0.25) is 29.6 Å². The minimum absolute atomic E-state index is 0.0366. The van der Waals surface area contributed by atoms with Gasteiger partial charge in [-0.05, 0) is 37.3 Å². The zero-order valence-corrected chi connectivity index (χ0v) is 17.5. The molecule has 2 aromatic carbocycles. The molecule has 156 valence electrons. The van der Waals surface area contributed by atoms with Gasteiger partial charge in [-0.15, -0.1) is 0 Å². The minimum atomic E-state index is -0.788. The van der Waals surface area contributed by atoms with E-state index in [4.69, 9.17) is 27.9 Å². The van der Waals surface area contributed by atoms with Gasteiger partial charge in [-0.25, -0.2) is 0 Å². The van der Waals surface area contributed by atoms with Crippen LogP contribution in [0.1, 0.15) is 32.7 Å². The maximum absolute atomic E-state index is 12.3. The molecule has 1 saturated heterocycles. The Morgan fingerprint density at radius 2 is 1.93 bits per heavy atom. The Kier molecular flexibility index (Phi) is 6.74. The summed E-state index contributed by atoms with van der Waals surface area (Å²) in [6.45, 7) is 1.30. The lowest BCUT2D eigenvalue weighted by Gasteiger charge is -2.17. The molecule has 0 aliphatic carbocycles. The Morgan fingerprint density at radius 1 is 1.17 bits per heavy atom. The molecular formula is C21H18Cl2N2O5. The van der Waals surface area contributed by atoms with Gasteiger partial charge < -0.3 is 4.74 Å². The SMILES string of the molecule is Cc1cccc(C(=O)NN2C[C@H](C(=O)OCC(=O)c3ccc(Cl)cc3Cl)CC2=O)c1. The first-order valence-corrected chi connectivity index (χ1v) is 9.83. The average Bonchev–Trinajstić information content (AvgIpc) is 3.06. The van der Waals surface area contributed by atoms with Crippen molar-refractivity contribution in [1.29, 1.82) is 0 Å². The molecule has 1 aliphatic rings. The zero-order chi connectivity index (χ0) is 21.8. The van der Waals surface area contributed by atoms with Crippen molar-refractivity contribution in [3.05, 3.63) is 69.2 Å². The summed E-state index contributed by atoms with van der Waals surface area (Å²) < 4.78 is 5.06. The van der Waals surface area contributed by atoms with Crippen LogP contribution in [0.4, 0.5) is 0 Å². The highest BCUT2D eigenvalue weighted by Crippen LogP contribution is 2.22. The van der Waals surface area contributed by atoms with E-state index in [2.05, 4.69) is 5.43 Å². The highest BCUT2D eigenvalue weighted by molar-refractivity contribution is 6.36. The number of hydrogen-bond donors (Lipinski definition) is 1. The predicted octanol–water partition coefficient (Wildman–Crippen LogP) is 3.22. The number of carbonyl (C=O) groups is 4. The third kappa shape index (κ3) is 5.17. The summed E-state index contributed by atoms with van der Waals surface area (Å²) in [6, 6.07) is 11.3. The summed E-state index contributed by atoms with van der Waals surface area (Å²) in [4.78, 5) is 49.0. The van der Waals surface area contributed by atoms with Crippen molar-refractivity contribution in [1.82, 2.24) is 10.4 Å². The van der Waals surface area contributed by atoms with Crippen molar-refractivity contribution in [2.75, 3.05) is 13.2 Å². The van der Waals surface area contributed by atoms with E-state index in [1.165, 1.54) is 18.2 Å². The fraction of sp³-hybridized carbons (Fsp3) is 0.238. The molecule has 0 aromatic heterocycles. The molecule has 0 saturated carbocycles. The van der Waals surface area contributed by atoms with E-state index in [0.29, 0.717) is 10.6 Å². The molecule has 30 heavy (non-hydrogen) atoms. The number of rotatable bonds is 6. The standard InChI is InChI=1S/C21H18Cl2N2O5/c1-12-3-2-4-13(7-12)20(28)24-25-10-14(8-19(25)27)21(29)30-11-18(26)16-6-5-15(22)9-17(16)23/h2-7,9,14H,8,10-11H2,1H3,(H,24,28)/t14-/m1/s1. The molecule has 1 heterocycles. The van der Waals surface area contributed by atoms with Crippen molar-refractivity contribution in [2.24, 2.45) is 5.92 Å². The van der Waals surface area contributed by atoms with Gasteiger partial charge in [0.2, 0.25) is 11.7 Å². The largest absolute Gasteiger partial charge is 0.457 e. The van der Waals surface area contributed by atoms with Crippen molar-refractivity contribution in [3.8, 4) is 0 Å². The van der Waals surface area contributed by atoms with Gasteiger partial charge in [-0.1, -0.05) is 40.9 Å². The number of esters is 1. The molecule has 2 amide bonds. The van der Waals surface area contributed by atoms with Crippen molar-refractivity contribution in [2.45, 2.75) is 13.3 Å². The van der Waals surface area contributed by atoms with Crippen molar-refractivity contribution in [3.63, 3.8) is 0 Å². The fourth-order valence-electron chi connectivity index (χ4n) is 2.99. The maximum atomic E-state index is 12.3. The van der Waals surface area contributed by atoms with Crippen molar-refractivity contribution >= 4 is 46.8 Å². The van der Waals surface area contributed by atoms with Crippen LogP contribution in [-0.4, -0.2) is 41.7 Å². The summed E-state index contributed by atoms with van der Waals surface area (Å²) in [5.41, 5.74) is 3.99. The number of nitrogens with one attached hydrogen (secondary N) is 1. The molecule has 2 aromatic rings. The Morgan fingerprint density at radius 3 is 2.63 bits per heavy atom. The van der Waals surface area contributed by atoms with E-state index in [-0.39, 0.29) is 23.6 Å². The highest BCUT2D eigenvalue weighted by Gasteiger charge is 2.36. The second-order valence-electron chi connectivity index (χ2n) is 6.87. The first-order valence-electron chi connectivity index (χ1n) is 9.07. The normalized spacial score (nSPS) is 15.8. The fourth-order valence-corrected chi connectivity index (χ4v) is 3.51. The molecule has 0 radical (unpaired) electrons. The van der Waals surface area contributed by atoms with Gasteiger partial charge >= 0.3 is 5.97 Å². The van der Waals surface area contributed by atoms with Crippen molar-refractivity contribution < 1.29 is 23.9 Å². The van der Waals surface area contributed by atoms with Gasteiger partial charge in [0.05, 0.1) is 17.5 Å². The van der Waals surface area contributed by atoms with E-state index in [9.17, 15) is 19.2 Å². The smallest absolute Gasteiger partial charge is 0.311 e. The van der Waals surface area contributed by atoms with Gasteiger partial charge in [0, 0.05) is 22.6 Å². The van der Waals surface area contributed by atoms with E-state index < -0.39 is 36.1 Å². The molecule has 7 nitrogen and oxygen atoms in total. The second-order valence-corrected chi connectivity index (χ2v) is 7.71. The zero-order valence-electron chi connectivity index (χ0n) is 16.0. The van der Waals surface area contributed by atoms with Gasteiger partial charge in [-0.2, -0.15) is 0 Å². The Balaban J connectivity index is 1.54. The molecule has 0 unspecified atom stereocenters. The molecule has 1 fully saturated rings. The quantitative estimate of drug-likeness (QED) is 0.540. The lowest BCUT2D eigenvalue weighted by molar-refractivity contribution is -0.147. The van der Waals surface area contributed by atoms with Crippen LogP contribution in [0.15, 0.2) is 42.5 Å². The third-order valence-electron chi connectivity index (χ3n) is 4.55. The number of hydrazine groups is 1. The monoisotopic (exact) mass is 448 g/mol. The summed E-state index contributed by atoms with van der Waals surface area (Å²) in [6.07, 6.45) is -0.122. The Hall–Kier alpha value is -2.90. The summed E-state index contributed by atoms with van der Waals surface area (Å²) in [7, 11) is 0. The van der Waals surface area contributed by atoms with Crippen LogP contribution in [-0.2, 0) is 14.3 Å². The molecule has 1 aliphatic heterocycles. The average molecular weight is 449 g/mol. The second kappa shape index (κ2) is 9.28. The highest BCUT2D eigenvalue weighted by atomic mass is 35.5. The first-order chi connectivity index (χ1) is 14.2. The lowest BCUT2D eigenvalue weighted by atomic mass is 10.1. The van der Waals surface area contributed by atoms with Gasteiger partial charge in [0.15, 0.2) is 6.61 Å². The number of benzene rings is 2. The van der Waals surface area contributed by atoms with Crippen LogP contribution in [0, 0.1) is 12.8 Å². The maximum Gasteiger partial charge on any atom is 0.311 e. The molecule has 1 atom stereocenters. The molecule has 3 rings (SSSR count). The molecule has 1 N–H and O–H groups in total.